The molecule has 0 radical (unpaired) electrons. The van der Waals surface area contributed by atoms with Crippen molar-refractivity contribution >= 4 is 30.1 Å². The first-order valence-electron chi connectivity index (χ1n) is 7.76. The largest absolute Gasteiger partial charge is 0.496 e. The van der Waals surface area contributed by atoms with E-state index < -0.39 is 5.97 Å². The molecule has 0 aliphatic heterocycles. The van der Waals surface area contributed by atoms with Crippen molar-refractivity contribution in [3.05, 3.63) is 78.4 Å². The molecule has 1 aromatic heterocycles. The molecule has 0 saturated heterocycles. The van der Waals surface area contributed by atoms with E-state index in [0.29, 0.717) is 0 Å². The topological polar surface area (TPSA) is 64.4 Å². The lowest BCUT2D eigenvalue weighted by atomic mass is 10.1. The number of thioether (sulfide) groups is 1. The maximum Gasteiger partial charge on any atom is 0.335 e. The molecule has 1 N–H and O–H groups in total. The molecule has 0 saturated carbocycles. The van der Waals surface area contributed by atoms with Crippen LogP contribution >= 0.6 is 24.2 Å². The molecule has 0 bridgehead atoms. The van der Waals surface area contributed by atoms with Crippen LogP contribution in [-0.4, -0.2) is 27.7 Å². The van der Waals surface area contributed by atoms with Crippen LogP contribution in [0.4, 0.5) is 0 Å². The lowest BCUT2D eigenvalue weighted by Gasteiger charge is -2.20. The molecule has 26 heavy (non-hydrogen) atoms. The Morgan fingerprint density at radius 2 is 1.96 bits per heavy atom. The Morgan fingerprint density at radius 3 is 2.58 bits per heavy atom. The third kappa shape index (κ3) is 4.80. The lowest BCUT2D eigenvalue weighted by Crippen LogP contribution is -2.06. The van der Waals surface area contributed by atoms with Crippen molar-refractivity contribution in [3.63, 3.8) is 0 Å². The van der Waals surface area contributed by atoms with Crippen LogP contribution < -0.4 is 4.74 Å². The van der Waals surface area contributed by atoms with Gasteiger partial charge in [0.25, 0.3) is 0 Å². The number of benzene rings is 2. The fourth-order valence-corrected chi connectivity index (χ4v) is 3.75. The van der Waals surface area contributed by atoms with E-state index in [0.717, 1.165) is 22.8 Å². The number of hydrogen-bond acceptors (Lipinski definition) is 4. The van der Waals surface area contributed by atoms with Crippen LogP contribution in [-0.2, 0) is 6.54 Å². The van der Waals surface area contributed by atoms with Crippen molar-refractivity contribution in [2.24, 2.45) is 0 Å². The van der Waals surface area contributed by atoms with Crippen molar-refractivity contribution in [1.29, 1.82) is 0 Å². The smallest absolute Gasteiger partial charge is 0.335 e. The SMILES string of the molecule is COc1ccccc1C(Cn1ccnc1)Sc1ccc(C(=O)O)cc1.Cl. The molecule has 7 heteroatoms. The summed E-state index contributed by atoms with van der Waals surface area (Å²) in [7, 11) is 1.67. The first-order valence-corrected chi connectivity index (χ1v) is 8.64. The molecule has 0 aliphatic carbocycles. The van der Waals surface area contributed by atoms with Crippen LogP contribution in [0, 0.1) is 0 Å². The van der Waals surface area contributed by atoms with Crippen LogP contribution in [0.15, 0.2) is 72.1 Å². The second-order valence-corrected chi connectivity index (χ2v) is 6.71. The van der Waals surface area contributed by atoms with Crippen molar-refractivity contribution in [3.8, 4) is 5.75 Å². The highest BCUT2D eigenvalue weighted by Crippen LogP contribution is 2.40. The highest BCUT2D eigenvalue weighted by atomic mass is 35.5. The average molecular weight is 391 g/mol. The fraction of sp³-hybridized carbons (Fsp3) is 0.158. The zero-order valence-corrected chi connectivity index (χ0v) is 15.7. The van der Waals surface area contributed by atoms with Crippen LogP contribution in [0.5, 0.6) is 5.75 Å². The van der Waals surface area contributed by atoms with E-state index in [4.69, 9.17) is 9.84 Å². The molecule has 0 fully saturated rings. The van der Waals surface area contributed by atoms with Crippen molar-refractivity contribution in [2.75, 3.05) is 7.11 Å². The van der Waals surface area contributed by atoms with Gasteiger partial charge >= 0.3 is 5.97 Å². The predicted molar refractivity (Wildman–Crippen MR) is 104 cm³/mol. The van der Waals surface area contributed by atoms with Gasteiger partial charge in [0, 0.05) is 29.4 Å². The van der Waals surface area contributed by atoms with E-state index >= 15 is 0 Å². The quantitative estimate of drug-likeness (QED) is 0.600. The maximum atomic E-state index is 11.0. The maximum absolute atomic E-state index is 11.0. The summed E-state index contributed by atoms with van der Waals surface area (Å²) in [5.74, 6) is -0.0847. The molecule has 2 aromatic carbocycles. The van der Waals surface area contributed by atoms with Gasteiger partial charge in [-0.2, -0.15) is 0 Å². The number of methoxy groups -OCH3 is 1. The number of nitrogens with zero attached hydrogens (tertiary/aromatic N) is 2. The number of rotatable bonds is 7. The van der Waals surface area contributed by atoms with Crippen molar-refractivity contribution in [1.82, 2.24) is 9.55 Å². The average Bonchev–Trinajstić information content (AvgIpc) is 3.14. The van der Waals surface area contributed by atoms with Crippen molar-refractivity contribution < 1.29 is 14.6 Å². The van der Waals surface area contributed by atoms with Gasteiger partial charge in [0.2, 0.25) is 0 Å². The third-order valence-electron chi connectivity index (χ3n) is 3.80. The number of para-hydroxylation sites is 1. The van der Waals surface area contributed by atoms with Gasteiger partial charge in [-0.05, 0) is 30.3 Å². The number of hydrogen-bond donors (Lipinski definition) is 1. The summed E-state index contributed by atoms with van der Waals surface area (Å²) in [4.78, 5) is 16.1. The normalized spacial score (nSPS) is 11.4. The van der Waals surface area contributed by atoms with E-state index in [1.54, 1.807) is 43.5 Å². The number of aromatic nitrogens is 2. The van der Waals surface area contributed by atoms with E-state index in [1.807, 2.05) is 41.1 Å². The summed E-state index contributed by atoms with van der Waals surface area (Å²) in [6.45, 7) is 0.728. The second kappa shape index (κ2) is 9.31. The summed E-state index contributed by atoms with van der Waals surface area (Å²) in [6.07, 6.45) is 5.47. The third-order valence-corrected chi connectivity index (χ3v) is 5.03. The van der Waals surface area contributed by atoms with Crippen LogP contribution in [0.3, 0.4) is 0 Å². The van der Waals surface area contributed by atoms with Gasteiger partial charge in [0.15, 0.2) is 0 Å². The van der Waals surface area contributed by atoms with Crippen LogP contribution in [0.2, 0.25) is 0 Å². The standard InChI is InChI=1S/C19H18N2O3S.ClH/c1-24-17-5-3-2-4-16(17)18(12-21-11-10-20-13-21)25-15-8-6-14(7-9-15)19(22)23;/h2-11,13,18H,12H2,1H3,(H,22,23);1H. The van der Waals surface area contributed by atoms with Gasteiger partial charge in [-0.15, -0.1) is 24.2 Å². The van der Waals surface area contributed by atoms with Gasteiger partial charge in [-0.1, -0.05) is 18.2 Å². The van der Waals surface area contributed by atoms with Gasteiger partial charge in [0.05, 0.1) is 24.3 Å². The first-order chi connectivity index (χ1) is 12.2. The number of halogens is 1. The Hall–Kier alpha value is -2.44. The number of imidazole rings is 1. The number of ether oxygens (including phenoxy) is 1. The monoisotopic (exact) mass is 390 g/mol. The molecular formula is C19H19ClN2O3S. The molecule has 3 aromatic rings. The Morgan fingerprint density at radius 1 is 1.23 bits per heavy atom. The minimum absolute atomic E-state index is 0. The summed E-state index contributed by atoms with van der Waals surface area (Å²) in [6, 6.07) is 14.9. The number of aromatic carboxylic acids is 1. The number of carbonyl (C=O) groups is 1. The van der Waals surface area contributed by atoms with E-state index in [1.165, 1.54) is 0 Å². The molecule has 0 amide bonds. The summed E-state index contributed by atoms with van der Waals surface area (Å²) in [5.41, 5.74) is 1.37. The van der Waals surface area contributed by atoms with Gasteiger partial charge in [0.1, 0.15) is 5.75 Å². The molecule has 1 atom stereocenters. The zero-order valence-electron chi connectivity index (χ0n) is 14.1. The van der Waals surface area contributed by atoms with Gasteiger partial charge < -0.3 is 14.4 Å². The van der Waals surface area contributed by atoms with Crippen LogP contribution in [0.1, 0.15) is 21.2 Å². The molecule has 5 nitrogen and oxygen atoms in total. The Balaban J connectivity index is 0.00000243. The van der Waals surface area contributed by atoms with E-state index in [-0.39, 0.29) is 23.2 Å². The Labute approximate surface area is 162 Å². The molecule has 3 rings (SSSR count). The van der Waals surface area contributed by atoms with Crippen molar-refractivity contribution in [2.45, 2.75) is 16.7 Å². The van der Waals surface area contributed by atoms with Gasteiger partial charge in [-0.3, -0.25) is 0 Å². The minimum atomic E-state index is -0.920. The zero-order chi connectivity index (χ0) is 17.6. The van der Waals surface area contributed by atoms with Crippen LogP contribution in [0.25, 0.3) is 0 Å². The summed E-state index contributed by atoms with van der Waals surface area (Å²) in [5, 5.41) is 9.14. The number of carboxylic acids is 1. The second-order valence-electron chi connectivity index (χ2n) is 5.44. The lowest BCUT2D eigenvalue weighted by molar-refractivity contribution is 0.0697. The Bertz CT molecular complexity index is 838. The van der Waals surface area contributed by atoms with Gasteiger partial charge in [-0.25, -0.2) is 9.78 Å². The highest BCUT2D eigenvalue weighted by Gasteiger charge is 2.18. The molecular weight excluding hydrogens is 372 g/mol. The minimum Gasteiger partial charge on any atom is -0.496 e. The fourth-order valence-electron chi connectivity index (χ4n) is 2.56. The molecule has 0 spiro atoms. The molecule has 0 aliphatic rings. The highest BCUT2D eigenvalue weighted by molar-refractivity contribution is 7.99. The molecule has 136 valence electrons. The Kier molecular flexibility index (Phi) is 7.12. The van der Waals surface area contributed by atoms with E-state index in [9.17, 15) is 4.79 Å². The van der Waals surface area contributed by atoms with E-state index in [2.05, 4.69) is 11.1 Å². The predicted octanol–water partition coefficient (Wildman–Crippen LogP) is 4.55. The summed E-state index contributed by atoms with van der Waals surface area (Å²) < 4.78 is 7.54. The summed E-state index contributed by atoms with van der Waals surface area (Å²) >= 11 is 1.67. The molecule has 1 heterocycles. The first kappa shape index (κ1) is 19.9. The molecule has 1 unspecified atom stereocenters. The number of carboxylic acid groups (broad SMARTS) is 1.